The summed E-state index contributed by atoms with van der Waals surface area (Å²) in [5.74, 6) is 1.39. The molecule has 1 saturated heterocycles. The van der Waals surface area contributed by atoms with E-state index in [1.54, 1.807) is 20.5 Å². The van der Waals surface area contributed by atoms with Gasteiger partial charge in [0.2, 0.25) is 0 Å². The predicted octanol–water partition coefficient (Wildman–Crippen LogP) is 3.99. The van der Waals surface area contributed by atoms with Crippen LogP contribution in [-0.4, -0.2) is 38.4 Å². The molecular formula is C24H27NO5. The van der Waals surface area contributed by atoms with Crippen molar-refractivity contribution in [2.45, 2.75) is 32.0 Å². The maximum Gasteiger partial charge on any atom is 0.197 e. The molecule has 1 aliphatic heterocycles. The standard InChI is InChI=1S/C24H27NO5/c1-27-22-10-9-17(12-23(22)28-2)13-25(15-19-6-5-11-29-19)14-18-16-30-21-8-4-3-7-20(21)24(18)26/h3-4,7-10,12,16,19H,5-6,11,13-15H2,1-2H3/t19-/m0/s1. The molecule has 2 heterocycles. The zero-order valence-electron chi connectivity index (χ0n) is 17.4. The van der Waals surface area contributed by atoms with Crippen molar-refractivity contribution in [1.29, 1.82) is 0 Å². The zero-order chi connectivity index (χ0) is 20.9. The highest BCUT2D eigenvalue weighted by Crippen LogP contribution is 2.28. The lowest BCUT2D eigenvalue weighted by Crippen LogP contribution is -2.33. The Bertz CT molecular complexity index is 1050. The molecule has 6 nitrogen and oxygen atoms in total. The Morgan fingerprint density at radius 1 is 1.07 bits per heavy atom. The van der Waals surface area contributed by atoms with Crippen LogP contribution in [0.5, 0.6) is 11.5 Å². The first-order valence-corrected chi connectivity index (χ1v) is 10.2. The van der Waals surface area contributed by atoms with E-state index < -0.39 is 0 Å². The third-order valence-corrected chi connectivity index (χ3v) is 5.49. The lowest BCUT2D eigenvalue weighted by Gasteiger charge is -2.25. The summed E-state index contributed by atoms with van der Waals surface area (Å²) in [6, 6.07) is 13.3. The van der Waals surface area contributed by atoms with Crippen molar-refractivity contribution in [3.8, 4) is 11.5 Å². The van der Waals surface area contributed by atoms with Crippen molar-refractivity contribution in [2.75, 3.05) is 27.4 Å². The smallest absolute Gasteiger partial charge is 0.197 e. The minimum absolute atomic E-state index is 0.0153. The molecule has 0 spiro atoms. The van der Waals surface area contributed by atoms with E-state index in [-0.39, 0.29) is 11.5 Å². The number of hydrogen-bond acceptors (Lipinski definition) is 6. The normalized spacial score (nSPS) is 16.3. The van der Waals surface area contributed by atoms with Crippen LogP contribution < -0.4 is 14.9 Å². The summed E-state index contributed by atoms with van der Waals surface area (Å²) < 4.78 is 22.4. The second kappa shape index (κ2) is 9.32. The number of nitrogens with zero attached hydrogens (tertiary/aromatic N) is 1. The predicted molar refractivity (Wildman–Crippen MR) is 115 cm³/mol. The Kier molecular flexibility index (Phi) is 6.35. The summed E-state index contributed by atoms with van der Waals surface area (Å²) in [6.45, 7) is 2.70. The summed E-state index contributed by atoms with van der Waals surface area (Å²) in [6.07, 6.45) is 3.88. The van der Waals surface area contributed by atoms with Gasteiger partial charge in [-0.2, -0.15) is 0 Å². The van der Waals surface area contributed by atoms with Gasteiger partial charge in [0.25, 0.3) is 0 Å². The van der Waals surface area contributed by atoms with Crippen LogP contribution in [0.1, 0.15) is 24.0 Å². The number of rotatable bonds is 8. The van der Waals surface area contributed by atoms with Crippen LogP contribution >= 0.6 is 0 Å². The van der Waals surface area contributed by atoms with Crippen LogP contribution in [0, 0.1) is 0 Å². The molecular weight excluding hydrogens is 382 g/mol. The monoisotopic (exact) mass is 409 g/mol. The molecule has 1 atom stereocenters. The van der Waals surface area contributed by atoms with Crippen molar-refractivity contribution in [3.63, 3.8) is 0 Å². The van der Waals surface area contributed by atoms with Crippen LogP contribution in [0.2, 0.25) is 0 Å². The summed E-state index contributed by atoms with van der Waals surface area (Å²) in [7, 11) is 3.26. The van der Waals surface area contributed by atoms with E-state index in [0.717, 1.165) is 31.6 Å². The molecule has 0 N–H and O–H groups in total. The van der Waals surface area contributed by atoms with E-state index in [0.29, 0.717) is 41.1 Å². The van der Waals surface area contributed by atoms with E-state index in [1.165, 1.54) is 0 Å². The van der Waals surface area contributed by atoms with Gasteiger partial charge in [0, 0.05) is 31.8 Å². The Balaban J connectivity index is 1.60. The highest BCUT2D eigenvalue weighted by Gasteiger charge is 2.21. The van der Waals surface area contributed by atoms with Gasteiger partial charge in [-0.15, -0.1) is 0 Å². The van der Waals surface area contributed by atoms with Gasteiger partial charge in [-0.1, -0.05) is 18.2 Å². The van der Waals surface area contributed by atoms with Gasteiger partial charge in [0.15, 0.2) is 16.9 Å². The molecule has 0 unspecified atom stereocenters. The van der Waals surface area contributed by atoms with Crippen LogP contribution in [-0.2, 0) is 17.8 Å². The largest absolute Gasteiger partial charge is 0.493 e. The Labute approximate surface area is 176 Å². The Hall–Kier alpha value is -2.83. The summed E-state index contributed by atoms with van der Waals surface area (Å²) in [5.41, 5.74) is 2.35. The molecule has 1 fully saturated rings. The van der Waals surface area contributed by atoms with Crippen LogP contribution in [0.3, 0.4) is 0 Å². The molecule has 0 amide bonds. The van der Waals surface area contributed by atoms with Gasteiger partial charge in [-0.3, -0.25) is 9.69 Å². The minimum atomic E-state index is 0.0153. The molecule has 1 aromatic heterocycles. The van der Waals surface area contributed by atoms with Gasteiger partial charge in [0.1, 0.15) is 5.58 Å². The molecule has 30 heavy (non-hydrogen) atoms. The van der Waals surface area contributed by atoms with E-state index >= 15 is 0 Å². The third-order valence-electron chi connectivity index (χ3n) is 5.49. The fraction of sp³-hybridized carbons (Fsp3) is 0.375. The molecule has 0 aliphatic carbocycles. The summed E-state index contributed by atoms with van der Waals surface area (Å²) in [4.78, 5) is 15.2. The van der Waals surface area contributed by atoms with Crippen molar-refractivity contribution < 1.29 is 18.6 Å². The highest BCUT2D eigenvalue weighted by atomic mass is 16.5. The number of ether oxygens (including phenoxy) is 3. The molecule has 0 radical (unpaired) electrons. The lowest BCUT2D eigenvalue weighted by atomic mass is 10.1. The number of fused-ring (bicyclic) bond motifs is 1. The lowest BCUT2D eigenvalue weighted by molar-refractivity contribution is 0.0676. The van der Waals surface area contributed by atoms with Gasteiger partial charge >= 0.3 is 0 Å². The molecule has 2 aromatic carbocycles. The molecule has 0 saturated carbocycles. The maximum atomic E-state index is 13.0. The van der Waals surface area contributed by atoms with Crippen LogP contribution in [0.25, 0.3) is 11.0 Å². The zero-order valence-corrected chi connectivity index (χ0v) is 17.4. The topological polar surface area (TPSA) is 61.1 Å². The summed E-state index contributed by atoms with van der Waals surface area (Å²) in [5, 5.41) is 0.609. The second-order valence-electron chi connectivity index (χ2n) is 7.58. The van der Waals surface area contributed by atoms with Crippen molar-refractivity contribution >= 4 is 11.0 Å². The SMILES string of the molecule is COc1ccc(CN(Cc2coc3ccccc3c2=O)C[C@@H]2CCCO2)cc1OC. The Morgan fingerprint density at radius 2 is 1.90 bits per heavy atom. The van der Waals surface area contributed by atoms with Gasteiger partial charge in [-0.25, -0.2) is 0 Å². The van der Waals surface area contributed by atoms with E-state index in [1.807, 2.05) is 42.5 Å². The van der Waals surface area contributed by atoms with Gasteiger partial charge in [0.05, 0.1) is 32.0 Å². The number of benzene rings is 2. The fourth-order valence-corrected chi connectivity index (χ4v) is 3.97. The molecule has 0 bridgehead atoms. The van der Waals surface area contributed by atoms with Gasteiger partial charge in [-0.05, 0) is 42.7 Å². The molecule has 158 valence electrons. The molecule has 1 aliphatic rings. The molecule has 6 heteroatoms. The third kappa shape index (κ3) is 4.50. The van der Waals surface area contributed by atoms with Gasteiger partial charge < -0.3 is 18.6 Å². The number of para-hydroxylation sites is 1. The maximum absolute atomic E-state index is 13.0. The van der Waals surface area contributed by atoms with E-state index in [9.17, 15) is 4.79 Å². The highest BCUT2D eigenvalue weighted by molar-refractivity contribution is 5.76. The van der Waals surface area contributed by atoms with Crippen molar-refractivity contribution in [1.82, 2.24) is 4.90 Å². The molecule has 3 aromatic rings. The first kappa shape index (κ1) is 20.4. The fourth-order valence-electron chi connectivity index (χ4n) is 3.97. The van der Waals surface area contributed by atoms with Crippen LogP contribution in [0.4, 0.5) is 0 Å². The average molecular weight is 409 g/mol. The summed E-state index contributed by atoms with van der Waals surface area (Å²) >= 11 is 0. The number of methoxy groups -OCH3 is 2. The van der Waals surface area contributed by atoms with E-state index in [4.69, 9.17) is 18.6 Å². The molecule has 4 rings (SSSR count). The second-order valence-corrected chi connectivity index (χ2v) is 7.58. The first-order valence-electron chi connectivity index (χ1n) is 10.2. The quantitative estimate of drug-likeness (QED) is 0.561. The Morgan fingerprint density at radius 3 is 2.67 bits per heavy atom. The minimum Gasteiger partial charge on any atom is -0.493 e. The average Bonchev–Trinajstić information content (AvgIpc) is 3.28. The van der Waals surface area contributed by atoms with E-state index in [2.05, 4.69) is 4.90 Å². The number of hydrogen-bond donors (Lipinski definition) is 0. The van der Waals surface area contributed by atoms with Crippen molar-refractivity contribution in [2.24, 2.45) is 0 Å². The van der Waals surface area contributed by atoms with Crippen molar-refractivity contribution in [3.05, 3.63) is 70.1 Å². The van der Waals surface area contributed by atoms with Crippen LogP contribution in [0.15, 0.2) is 57.9 Å². The first-order chi connectivity index (χ1) is 14.7.